The Morgan fingerprint density at radius 2 is 2.04 bits per heavy atom. The zero-order chi connectivity index (χ0) is 16.9. The number of benzene rings is 2. The summed E-state index contributed by atoms with van der Waals surface area (Å²) in [6, 6.07) is 9.60. The van der Waals surface area contributed by atoms with Crippen molar-refractivity contribution in [2.24, 2.45) is 0 Å². The highest BCUT2D eigenvalue weighted by molar-refractivity contribution is 6.00. The van der Waals surface area contributed by atoms with Gasteiger partial charge in [0.2, 0.25) is 5.91 Å². The number of aldehydes is 1. The minimum Gasteiger partial charge on any atom is -0.378 e. The molecule has 24 heavy (non-hydrogen) atoms. The van der Waals surface area contributed by atoms with Crippen LogP contribution >= 0.6 is 0 Å². The van der Waals surface area contributed by atoms with Crippen molar-refractivity contribution >= 4 is 23.0 Å². The van der Waals surface area contributed by atoms with Crippen LogP contribution < -0.4 is 0 Å². The highest BCUT2D eigenvalue weighted by atomic mass is 16.5. The van der Waals surface area contributed by atoms with Crippen molar-refractivity contribution in [1.29, 1.82) is 0 Å². The van der Waals surface area contributed by atoms with E-state index in [9.17, 15) is 9.59 Å². The van der Waals surface area contributed by atoms with Crippen molar-refractivity contribution in [3.05, 3.63) is 47.0 Å². The van der Waals surface area contributed by atoms with E-state index < -0.39 is 0 Å². The molecule has 1 fully saturated rings. The molecule has 1 saturated heterocycles. The Bertz CT molecular complexity index is 813. The molecule has 0 atom stereocenters. The molecule has 0 aromatic heterocycles. The topological polar surface area (TPSA) is 46.6 Å². The monoisotopic (exact) mass is 321 g/mol. The molecule has 0 N–H and O–H groups in total. The first-order chi connectivity index (χ1) is 11.7. The Morgan fingerprint density at radius 3 is 2.75 bits per heavy atom. The summed E-state index contributed by atoms with van der Waals surface area (Å²) in [7, 11) is 0. The van der Waals surface area contributed by atoms with E-state index in [2.05, 4.69) is 5.92 Å². The molecule has 0 saturated carbocycles. The lowest BCUT2D eigenvalue weighted by Crippen LogP contribution is -2.40. The number of morpholine rings is 1. The molecule has 0 radical (unpaired) electrons. The zero-order valence-electron chi connectivity index (χ0n) is 13.5. The molecule has 1 amide bonds. The summed E-state index contributed by atoms with van der Waals surface area (Å²) in [5, 5.41) is 1.82. The maximum atomic E-state index is 12.2. The fourth-order valence-corrected chi connectivity index (χ4v) is 3.03. The molecule has 0 aliphatic carbocycles. The molecule has 2 aromatic rings. The summed E-state index contributed by atoms with van der Waals surface area (Å²) in [6.45, 7) is 2.59. The lowest BCUT2D eigenvalue weighted by molar-refractivity contribution is -0.135. The van der Waals surface area contributed by atoms with Crippen molar-refractivity contribution in [3.63, 3.8) is 0 Å². The first kappa shape index (κ1) is 16.2. The largest absolute Gasteiger partial charge is 0.378 e. The van der Waals surface area contributed by atoms with Gasteiger partial charge in [0.25, 0.3) is 0 Å². The molecule has 1 aliphatic heterocycles. The van der Waals surface area contributed by atoms with E-state index >= 15 is 0 Å². The number of nitrogens with zero attached hydrogens (tertiary/aromatic N) is 1. The summed E-state index contributed by atoms with van der Waals surface area (Å²) < 4.78 is 5.27. The van der Waals surface area contributed by atoms with Gasteiger partial charge in [0, 0.05) is 30.6 Å². The molecule has 1 aliphatic rings. The third-order valence-corrected chi connectivity index (χ3v) is 4.39. The number of fused-ring (bicyclic) bond motifs is 1. The number of rotatable bonds is 4. The maximum Gasteiger partial charge on any atom is 0.223 e. The van der Waals surface area contributed by atoms with E-state index in [1.165, 1.54) is 0 Å². The van der Waals surface area contributed by atoms with E-state index in [4.69, 9.17) is 11.2 Å². The SMILES string of the molecule is C#Cc1ccc2cc(CCC(=O)N3CCOCC3)ccc2c1C=O. The second-order valence-electron chi connectivity index (χ2n) is 5.84. The van der Waals surface area contributed by atoms with E-state index in [0.29, 0.717) is 50.3 Å². The fourth-order valence-electron chi connectivity index (χ4n) is 3.03. The van der Waals surface area contributed by atoms with Gasteiger partial charge in [-0.3, -0.25) is 9.59 Å². The van der Waals surface area contributed by atoms with Crippen molar-refractivity contribution < 1.29 is 14.3 Å². The van der Waals surface area contributed by atoms with E-state index in [0.717, 1.165) is 22.6 Å². The number of carbonyl (C=O) groups is 2. The molecular formula is C20H19NO3. The molecule has 0 spiro atoms. The minimum atomic E-state index is 0.162. The lowest BCUT2D eigenvalue weighted by Gasteiger charge is -2.26. The summed E-state index contributed by atoms with van der Waals surface area (Å²) in [4.78, 5) is 25.4. The van der Waals surface area contributed by atoms with E-state index in [-0.39, 0.29) is 5.91 Å². The molecule has 122 valence electrons. The molecule has 3 rings (SSSR count). The number of terminal acetylenes is 1. The van der Waals surface area contributed by atoms with Crippen molar-refractivity contribution in [2.75, 3.05) is 26.3 Å². The second kappa shape index (κ2) is 7.29. The second-order valence-corrected chi connectivity index (χ2v) is 5.84. The van der Waals surface area contributed by atoms with E-state index in [1.807, 2.05) is 29.2 Å². The number of ether oxygens (including phenoxy) is 1. The van der Waals surface area contributed by atoms with Gasteiger partial charge < -0.3 is 9.64 Å². The summed E-state index contributed by atoms with van der Waals surface area (Å²) in [5.74, 6) is 2.70. The first-order valence-corrected chi connectivity index (χ1v) is 8.06. The molecule has 0 unspecified atom stereocenters. The normalized spacial score (nSPS) is 14.4. The predicted molar refractivity (Wildman–Crippen MR) is 93.0 cm³/mol. The Labute approximate surface area is 141 Å². The fraction of sp³-hybridized carbons (Fsp3) is 0.300. The van der Waals surface area contributed by atoms with Crippen LogP contribution in [0.4, 0.5) is 0 Å². The molecule has 4 nitrogen and oxygen atoms in total. The number of carbonyl (C=O) groups excluding carboxylic acids is 2. The standard InChI is InChI=1S/C20H19NO3/c1-2-16-5-6-17-13-15(3-7-18(17)19(16)14-22)4-8-20(23)21-9-11-24-12-10-21/h1,3,5-7,13-14H,4,8-12H2. The van der Waals surface area contributed by atoms with Gasteiger partial charge in [0.15, 0.2) is 6.29 Å². The van der Waals surface area contributed by atoms with Gasteiger partial charge in [-0.25, -0.2) is 0 Å². The Morgan fingerprint density at radius 1 is 1.25 bits per heavy atom. The molecule has 4 heteroatoms. The zero-order valence-corrected chi connectivity index (χ0v) is 13.5. The van der Waals surface area contributed by atoms with Crippen LogP contribution in [0.3, 0.4) is 0 Å². The Hall–Kier alpha value is -2.64. The Kier molecular flexibility index (Phi) is 4.93. The number of amides is 1. The van der Waals surface area contributed by atoms with Crippen molar-refractivity contribution in [1.82, 2.24) is 4.90 Å². The summed E-state index contributed by atoms with van der Waals surface area (Å²) >= 11 is 0. The molecular weight excluding hydrogens is 302 g/mol. The van der Waals surface area contributed by atoms with Crippen LogP contribution in [0.5, 0.6) is 0 Å². The summed E-state index contributed by atoms with van der Waals surface area (Å²) in [5.41, 5.74) is 2.23. The van der Waals surface area contributed by atoms with Crippen LogP contribution in [0, 0.1) is 12.3 Å². The van der Waals surface area contributed by atoms with Gasteiger partial charge in [-0.2, -0.15) is 0 Å². The van der Waals surface area contributed by atoms with Gasteiger partial charge in [-0.15, -0.1) is 6.42 Å². The van der Waals surface area contributed by atoms with Gasteiger partial charge in [0.1, 0.15) is 0 Å². The minimum absolute atomic E-state index is 0.162. The quantitative estimate of drug-likeness (QED) is 0.642. The number of hydrogen-bond donors (Lipinski definition) is 0. The number of hydrogen-bond acceptors (Lipinski definition) is 3. The van der Waals surface area contributed by atoms with Gasteiger partial charge >= 0.3 is 0 Å². The smallest absolute Gasteiger partial charge is 0.223 e. The van der Waals surface area contributed by atoms with Crippen LogP contribution in [0.1, 0.15) is 27.9 Å². The van der Waals surface area contributed by atoms with E-state index in [1.54, 1.807) is 6.07 Å². The van der Waals surface area contributed by atoms with Crippen LogP contribution in [-0.4, -0.2) is 43.4 Å². The van der Waals surface area contributed by atoms with Gasteiger partial charge in [-0.05, 0) is 28.8 Å². The van der Waals surface area contributed by atoms with Crippen LogP contribution in [0.15, 0.2) is 30.3 Å². The third kappa shape index (κ3) is 3.32. The average Bonchev–Trinajstić information content (AvgIpc) is 2.65. The average molecular weight is 321 g/mol. The highest BCUT2D eigenvalue weighted by Crippen LogP contribution is 2.23. The van der Waals surface area contributed by atoms with Crippen LogP contribution in [-0.2, 0) is 16.0 Å². The van der Waals surface area contributed by atoms with Crippen molar-refractivity contribution in [2.45, 2.75) is 12.8 Å². The first-order valence-electron chi connectivity index (χ1n) is 8.06. The summed E-state index contributed by atoms with van der Waals surface area (Å²) in [6.07, 6.45) is 7.40. The van der Waals surface area contributed by atoms with Gasteiger partial charge in [-0.1, -0.05) is 30.2 Å². The lowest BCUT2D eigenvalue weighted by atomic mass is 9.97. The highest BCUT2D eigenvalue weighted by Gasteiger charge is 2.16. The Balaban J connectivity index is 1.75. The molecule has 0 bridgehead atoms. The predicted octanol–water partition coefficient (Wildman–Crippen LogP) is 2.43. The van der Waals surface area contributed by atoms with Gasteiger partial charge in [0.05, 0.1) is 13.2 Å². The van der Waals surface area contributed by atoms with Crippen LogP contribution in [0.25, 0.3) is 10.8 Å². The maximum absolute atomic E-state index is 12.2. The molecule has 2 aromatic carbocycles. The third-order valence-electron chi connectivity index (χ3n) is 4.39. The van der Waals surface area contributed by atoms with Crippen LogP contribution in [0.2, 0.25) is 0 Å². The van der Waals surface area contributed by atoms with Crippen molar-refractivity contribution in [3.8, 4) is 12.3 Å². The number of aryl methyl sites for hydroxylation is 1. The molecule has 1 heterocycles.